The quantitative estimate of drug-likeness (QED) is 0.0999. The van der Waals surface area contributed by atoms with Crippen LogP contribution in [0.15, 0.2) is 96.7 Å². The van der Waals surface area contributed by atoms with E-state index < -0.39 is 23.6 Å². The van der Waals surface area contributed by atoms with Crippen LogP contribution < -0.4 is 4.90 Å². The molecule has 0 fully saturated rings. The Morgan fingerprint density at radius 3 is 2.32 bits per heavy atom. The SMILES string of the molecule is CCOC(=O)C(/C=C/[N+]([O-])=C1\C(=O)N(Cc2ccccc2)c2ccccc21)=C/c1ccc(C(F)(F)F)cc1. The molecule has 0 bridgehead atoms. The fourth-order valence-corrected chi connectivity index (χ4v) is 3.96. The van der Waals surface area contributed by atoms with Crippen molar-refractivity contribution in [2.24, 2.45) is 0 Å². The van der Waals surface area contributed by atoms with E-state index in [4.69, 9.17) is 4.74 Å². The van der Waals surface area contributed by atoms with Crippen molar-refractivity contribution >= 4 is 29.4 Å². The second-order valence-electron chi connectivity index (χ2n) is 8.32. The largest absolute Gasteiger partial charge is 0.618 e. The third-order valence-corrected chi connectivity index (χ3v) is 5.76. The highest BCUT2D eigenvalue weighted by atomic mass is 19.4. The molecular formula is C29H23F3N2O4. The first kappa shape index (κ1) is 26.4. The number of ether oxygens (including phenoxy) is 1. The molecule has 1 heterocycles. The van der Waals surface area contributed by atoms with Crippen molar-refractivity contribution in [1.82, 2.24) is 0 Å². The molecule has 0 unspecified atom stereocenters. The number of carbonyl (C=O) groups excluding carboxylic acids is 2. The van der Waals surface area contributed by atoms with Crippen LogP contribution in [-0.2, 0) is 27.0 Å². The van der Waals surface area contributed by atoms with E-state index in [2.05, 4.69) is 0 Å². The van der Waals surface area contributed by atoms with Crippen LogP contribution in [-0.4, -0.2) is 28.9 Å². The number of hydroxylamine groups is 1. The number of esters is 1. The molecule has 6 nitrogen and oxygen atoms in total. The Kier molecular flexibility index (Phi) is 7.76. The summed E-state index contributed by atoms with van der Waals surface area (Å²) in [5, 5.41) is 13.1. The Bertz CT molecular complexity index is 1430. The van der Waals surface area contributed by atoms with Crippen LogP contribution in [0.5, 0.6) is 0 Å². The van der Waals surface area contributed by atoms with Crippen molar-refractivity contribution in [1.29, 1.82) is 0 Å². The molecule has 194 valence electrons. The predicted octanol–water partition coefficient (Wildman–Crippen LogP) is 5.71. The van der Waals surface area contributed by atoms with Gasteiger partial charge in [-0.25, -0.2) is 4.79 Å². The maximum Gasteiger partial charge on any atom is 0.416 e. The van der Waals surface area contributed by atoms with E-state index in [9.17, 15) is 28.0 Å². The van der Waals surface area contributed by atoms with Gasteiger partial charge in [-0.05, 0) is 48.4 Å². The first-order valence-electron chi connectivity index (χ1n) is 11.7. The zero-order valence-corrected chi connectivity index (χ0v) is 20.3. The van der Waals surface area contributed by atoms with Gasteiger partial charge in [0.2, 0.25) is 0 Å². The standard InChI is InChI=1S/C29H23F3N2O4/c1-2-38-28(36)22(18-20-12-14-23(15-13-20)29(30,31)32)16-17-34(37)26-24-10-6-7-11-25(24)33(27(26)35)19-21-8-4-3-5-9-21/h3-18H,2,19H2,1H3/b17-16+,22-18+,34-26+. The van der Waals surface area contributed by atoms with Gasteiger partial charge in [-0.15, -0.1) is 0 Å². The number of halogens is 3. The summed E-state index contributed by atoms with van der Waals surface area (Å²) < 4.78 is 44.1. The molecule has 0 saturated carbocycles. The number of hydrogen-bond donors (Lipinski definition) is 0. The Labute approximate surface area is 217 Å². The van der Waals surface area contributed by atoms with Crippen molar-refractivity contribution < 1.29 is 32.2 Å². The second-order valence-corrected chi connectivity index (χ2v) is 8.32. The first-order valence-corrected chi connectivity index (χ1v) is 11.7. The van der Waals surface area contributed by atoms with Crippen molar-refractivity contribution in [3.05, 3.63) is 124 Å². The highest BCUT2D eigenvalue weighted by molar-refractivity contribution is 6.52. The molecular weight excluding hydrogens is 497 g/mol. The summed E-state index contributed by atoms with van der Waals surface area (Å²) in [6.07, 6.45) is -1.00. The topological polar surface area (TPSA) is 72.7 Å². The molecule has 0 saturated heterocycles. The molecule has 3 aromatic rings. The molecule has 0 aromatic heterocycles. The molecule has 4 rings (SSSR count). The zero-order valence-electron chi connectivity index (χ0n) is 20.3. The Morgan fingerprint density at radius 2 is 1.66 bits per heavy atom. The number of nitrogens with zero attached hydrogens (tertiary/aromatic N) is 2. The molecule has 0 atom stereocenters. The van der Waals surface area contributed by atoms with E-state index in [1.807, 2.05) is 30.3 Å². The summed E-state index contributed by atoms with van der Waals surface area (Å²) in [5.41, 5.74) is 1.18. The molecule has 38 heavy (non-hydrogen) atoms. The minimum absolute atomic E-state index is 0.0514. The van der Waals surface area contributed by atoms with Gasteiger partial charge in [0.1, 0.15) is 0 Å². The highest BCUT2D eigenvalue weighted by Gasteiger charge is 2.39. The fraction of sp³-hybridized carbons (Fsp3) is 0.138. The molecule has 9 heteroatoms. The maximum absolute atomic E-state index is 13.3. The van der Waals surface area contributed by atoms with Crippen molar-refractivity contribution in [3.8, 4) is 0 Å². The number of para-hydroxylation sites is 1. The third kappa shape index (κ3) is 5.83. The minimum Gasteiger partial charge on any atom is -0.618 e. The van der Waals surface area contributed by atoms with Gasteiger partial charge in [0.25, 0.3) is 5.71 Å². The van der Waals surface area contributed by atoms with Crippen LogP contribution >= 0.6 is 0 Å². The van der Waals surface area contributed by atoms with Gasteiger partial charge in [0, 0.05) is 6.08 Å². The van der Waals surface area contributed by atoms with Crippen LogP contribution in [0.4, 0.5) is 18.9 Å². The molecule has 0 N–H and O–H groups in total. The summed E-state index contributed by atoms with van der Waals surface area (Å²) in [6, 6.07) is 20.4. The van der Waals surface area contributed by atoms with E-state index in [1.54, 1.807) is 31.2 Å². The van der Waals surface area contributed by atoms with E-state index in [0.717, 1.165) is 23.9 Å². The number of fused-ring (bicyclic) bond motifs is 1. The van der Waals surface area contributed by atoms with Gasteiger partial charge in [0.05, 0.1) is 35.5 Å². The second kappa shape index (κ2) is 11.2. The van der Waals surface area contributed by atoms with Crippen LogP contribution in [0.25, 0.3) is 6.08 Å². The third-order valence-electron chi connectivity index (χ3n) is 5.76. The average Bonchev–Trinajstić information content (AvgIpc) is 3.18. The molecule has 0 spiro atoms. The van der Waals surface area contributed by atoms with Gasteiger partial charge in [0.15, 0.2) is 6.20 Å². The van der Waals surface area contributed by atoms with Gasteiger partial charge >= 0.3 is 18.1 Å². The number of rotatable bonds is 7. The van der Waals surface area contributed by atoms with E-state index >= 15 is 0 Å². The van der Waals surface area contributed by atoms with E-state index in [1.165, 1.54) is 29.2 Å². The first-order chi connectivity index (χ1) is 18.2. The predicted molar refractivity (Wildman–Crippen MR) is 137 cm³/mol. The van der Waals surface area contributed by atoms with Crippen LogP contribution in [0.2, 0.25) is 0 Å². The van der Waals surface area contributed by atoms with Crippen molar-refractivity contribution in [3.63, 3.8) is 0 Å². The Balaban J connectivity index is 1.68. The smallest absolute Gasteiger partial charge is 0.416 e. The average molecular weight is 521 g/mol. The molecule has 1 amide bonds. The minimum atomic E-state index is -4.50. The lowest BCUT2D eigenvalue weighted by molar-refractivity contribution is -0.376. The van der Waals surface area contributed by atoms with E-state index in [-0.39, 0.29) is 24.4 Å². The molecule has 0 aliphatic carbocycles. The monoisotopic (exact) mass is 520 g/mol. The lowest BCUT2D eigenvalue weighted by Crippen LogP contribution is -2.32. The number of anilines is 1. The molecule has 1 aliphatic heterocycles. The van der Waals surface area contributed by atoms with Gasteiger partial charge in [-0.2, -0.15) is 17.9 Å². The number of amides is 1. The van der Waals surface area contributed by atoms with Gasteiger partial charge < -0.3 is 9.94 Å². The highest BCUT2D eigenvalue weighted by Crippen LogP contribution is 2.31. The fourth-order valence-electron chi connectivity index (χ4n) is 3.96. The van der Waals surface area contributed by atoms with Crippen molar-refractivity contribution in [2.45, 2.75) is 19.6 Å². The summed E-state index contributed by atoms with van der Waals surface area (Å²) in [7, 11) is 0. The van der Waals surface area contributed by atoms with E-state index in [0.29, 0.717) is 21.6 Å². The number of hydrogen-bond acceptors (Lipinski definition) is 4. The normalized spacial score (nSPS) is 15.1. The lowest BCUT2D eigenvalue weighted by atomic mass is 10.1. The summed E-state index contributed by atoms with van der Waals surface area (Å²) in [6.45, 7) is 1.91. The number of alkyl halides is 3. The van der Waals surface area contributed by atoms with Crippen LogP contribution in [0, 0.1) is 5.21 Å². The number of carbonyl (C=O) groups is 2. The Hall–Kier alpha value is -4.66. The summed E-state index contributed by atoms with van der Waals surface area (Å²) in [4.78, 5) is 27.3. The molecule has 3 aromatic carbocycles. The number of benzene rings is 3. The van der Waals surface area contributed by atoms with Crippen LogP contribution in [0.1, 0.15) is 29.2 Å². The maximum atomic E-state index is 13.3. The van der Waals surface area contributed by atoms with Gasteiger partial charge in [-0.3, -0.25) is 9.69 Å². The van der Waals surface area contributed by atoms with Gasteiger partial charge in [-0.1, -0.05) is 54.6 Å². The van der Waals surface area contributed by atoms with Crippen LogP contribution in [0.3, 0.4) is 0 Å². The zero-order chi connectivity index (χ0) is 27.3. The summed E-state index contributed by atoms with van der Waals surface area (Å²) >= 11 is 0. The van der Waals surface area contributed by atoms with Crippen molar-refractivity contribution in [2.75, 3.05) is 11.5 Å². The molecule has 0 radical (unpaired) electrons. The Morgan fingerprint density at radius 1 is 1.00 bits per heavy atom. The molecule has 1 aliphatic rings. The summed E-state index contributed by atoms with van der Waals surface area (Å²) in [5.74, 6) is -1.27. The lowest BCUT2D eigenvalue weighted by Gasteiger charge is -2.16.